The normalized spacial score (nSPS) is 24.2. The fraction of sp³-hybridized carbons (Fsp3) is 0.571. The van der Waals surface area contributed by atoms with E-state index in [9.17, 15) is 0 Å². The summed E-state index contributed by atoms with van der Waals surface area (Å²) in [6.45, 7) is 0.667. The number of nitrogens with zero attached hydrogens (tertiary/aromatic N) is 2. The topological polar surface area (TPSA) is 45.9 Å². The van der Waals surface area contributed by atoms with Crippen molar-refractivity contribution in [2.24, 2.45) is 5.92 Å². The molecule has 1 saturated carbocycles. The Kier molecular flexibility index (Phi) is 4.52. The first-order valence-electron chi connectivity index (χ1n) is 6.31. The Morgan fingerprint density at radius 3 is 3.00 bits per heavy atom. The molecule has 0 bridgehead atoms. The third kappa shape index (κ3) is 3.54. The Labute approximate surface area is 102 Å². The van der Waals surface area contributed by atoms with E-state index in [1.165, 1.54) is 12.8 Å². The van der Waals surface area contributed by atoms with Gasteiger partial charge in [0.15, 0.2) is 0 Å². The fourth-order valence-corrected chi connectivity index (χ4v) is 2.30. The van der Waals surface area contributed by atoms with Gasteiger partial charge in [-0.25, -0.2) is 0 Å². The molecule has 2 rings (SSSR count). The molecule has 0 radical (unpaired) electrons. The van der Waals surface area contributed by atoms with Gasteiger partial charge in [-0.15, -0.1) is 0 Å². The van der Waals surface area contributed by atoms with Gasteiger partial charge in [0.2, 0.25) is 0 Å². The molecular weight excluding hydrogens is 212 g/mol. The molecule has 3 nitrogen and oxygen atoms in total. The van der Waals surface area contributed by atoms with E-state index in [4.69, 9.17) is 10.00 Å². The van der Waals surface area contributed by atoms with Crippen LogP contribution < -0.4 is 0 Å². The van der Waals surface area contributed by atoms with E-state index in [2.05, 4.69) is 11.1 Å². The number of aromatic nitrogens is 1. The van der Waals surface area contributed by atoms with Crippen LogP contribution in [0.2, 0.25) is 0 Å². The summed E-state index contributed by atoms with van der Waals surface area (Å²) in [5.41, 5.74) is 1.05. The molecule has 17 heavy (non-hydrogen) atoms. The van der Waals surface area contributed by atoms with Crippen LogP contribution in [0.4, 0.5) is 0 Å². The highest BCUT2D eigenvalue weighted by Gasteiger charge is 2.25. The van der Waals surface area contributed by atoms with Crippen molar-refractivity contribution in [2.75, 3.05) is 6.61 Å². The second-order valence-corrected chi connectivity index (χ2v) is 4.50. The molecule has 1 aliphatic carbocycles. The van der Waals surface area contributed by atoms with Crippen molar-refractivity contribution in [1.29, 1.82) is 5.26 Å². The Morgan fingerprint density at radius 1 is 1.35 bits per heavy atom. The molecule has 3 heteroatoms. The fourth-order valence-electron chi connectivity index (χ4n) is 2.30. The van der Waals surface area contributed by atoms with Gasteiger partial charge in [0, 0.05) is 18.3 Å². The second-order valence-electron chi connectivity index (χ2n) is 4.50. The lowest BCUT2D eigenvalue weighted by molar-refractivity contribution is 0.00741. The van der Waals surface area contributed by atoms with Crippen molar-refractivity contribution in [2.45, 2.75) is 38.2 Å². The van der Waals surface area contributed by atoms with Crippen molar-refractivity contribution in [3.8, 4) is 6.07 Å². The second kappa shape index (κ2) is 6.36. The minimum Gasteiger partial charge on any atom is -0.376 e. The molecule has 2 unspecified atom stereocenters. The van der Waals surface area contributed by atoms with Gasteiger partial charge in [-0.3, -0.25) is 4.98 Å². The van der Waals surface area contributed by atoms with Crippen LogP contribution in [0.25, 0.3) is 0 Å². The Hall–Kier alpha value is -1.40. The molecule has 2 atom stereocenters. The van der Waals surface area contributed by atoms with Crippen LogP contribution in [0.15, 0.2) is 24.4 Å². The molecule has 1 aliphatic rings. The molecule has 1 aromatic rings. The first kappa shape index (κ1) is 12.1. The molecule has 0 spiro atoms. The van der Waals surface area contributed by atoms with Crippen LogP contribution >= 0.6 is 0 Å². The number of hydrogen-bond donors (Lipinski definition) is 0. The van der Waals surface area contributed by atoms with Gasteiger partial charge >= 0.3 is 0 Å². The van der Waals surface area contributed by atoms with Gasteiger partial charge in [0.1, 0.15) is 0 Å². The predicted octanol–water partition coefficient (Wildman–Crippen LogP) is 2.72. The van der Waals surface area contributed by atoms with Crippen molar-refractivity contribution in [3.05, 3.63) is 30.1 Å². The van der Waals surface area contributed by atoms with Gasteiger partial charge in [-0.05, 0) is 25.0 Å². The van der Waals surface area contributed by atoms with E-state index < -0.39 is 0 Å². The summed E-state index contributed by atoms with van der Waals surface area (Å²) in [7, 11) is 0. The lowest BCUT2D eigenvalue weighted by atomic mass is 9.87. The van der Waals surface area contributed by atoms with Crippen LogP contribution in [0.1, 0.15) is 31.4 Å². The average molecular weight is 230 g/mol. The van der Waals surface area contributed by atoms with Crippen molar-refractivity contribution in [3.63, 3.8) is 0 Å². The van der Waals surface area contributed by atoms with E-state index in [0.717, 1.165) is 25.0 Å². The van der Waals surface area contributed by atoms with E-state index in [1.807, 2.05) is 18.2 Å². The lowest BCUT2D eigenvalue weighted by Crippen LogP contribution is -2.27. The number of rotatable bonds is 4. The number of nitriles is 1. The first-order chi connectivity index (χ1) is 8.40. The Balaban J connectivity index is 1.76. The summed E-state index contributed by atoms with van der Waals surface area (Å²) in [5, 5.41) is 9.04. The largest absolute Gasteiger partial charge is 0.376 e. The summed E-state index contributed by atoms with van der Waals surface area (Å²) in [5.74, 6) is 0.0903. The number of pyridine rings is 1. The van der Waals surface area contributed by atoms with E-state index >= 15 is 0 Å². The zero-order chi connectivity index (χ0) is 11.9. The summed E-state index contributed by atoms with van der Waals surface area (Å²) >= 11 is 0. The van der Waals surface area contributed by atoms with Gasteiger partial charge in [0.05, 0.1) is 24.7 Å². The zero-order valence-electron chi connectivity index (χ0n) is 10.0. The predicted molar refractivity (Wildman–Crippen MR) is 65.3 cm³/mol. The van der Waals surface area contributed by atoms with Crippen molar-refractivity contribution < 1.29 is 4.74 Å². The van der Waals surface area contributed by atoms with Crippen LogP contribution in [0, 0.1) is 17.2 Å². The molecule has 0 N–H and O–H groups in total. The minimum atomic E-state index is 0.0903. The highest BCUT2D eigenvalue weighted by molar-refractivity contribution is 5.03. The maximum atomic E-state index is 9.04. The molecule has 1 heterocycles. The highest BCUT2D eigenvalue weighted by Crippen LogP contribution is 2.26. The summed E-state index contributed by atoms with van der Waals surface area (Å²) in [6.07, 6.45) is 7.14. The third-order valence-electron chi connectivity index (χ3n) is 3.28. The van der Waals surface area contributed by atoms with Crippen molar-refractivity contribution >= 4 is 0 Å². The van der Waals surface area contributed by atoms with Crippen LogP contribution in [-0.2, 0) is 11.2 Å². The molecule has 0 aromatic carbocycles. The van der Waals surface area contributed by atoms with Crippen molar-refractivity contribution in [1.82, 2.24) is 4.98 Å². The quantitative estimate of drug-likeness (QED) is 0.799. The smallest absolute Gasteiger partial charge is 0.0733 e. The molecule has 0 saturated heterocycles. The standard InChI is InChI=1S/C14H18N2O/c15-11-12-5-1-2-7-14(12)17-10-8-13-6-3-4-9-16-13/h3-4,6,9,12,14H,1-2,5,7-8,10H2. The molecule has 1 fully saturated rings. The molecular formula is C14H18N2O. The van der Waals surface area contributed by atoms with Gasteiger partial charge in [-0.1, -0.05) is 18.9 Å². The monoisotopic (exact) mass is 230 g/mol. The van der Waals surface area contributed by atoms with Crippen LogP contribution in [-0.4, -0.2) is 17.7 Å². The minimum absolute atomic E-state index is 0.0903. The van der Waals surface area contributed by atoms with Gasteiger partial charge in [-0.2, -0.15) is 5.26 Å². The Bertz CT molecular complexity index is 372. The number of ether oxygens (including phenoxy) is 1. The highest BCUT2D eigenvalue weighted by atomic mass is 16.5. The summed E-state index contributed by atoms with van der Waals surface area (Å²) in [4.78, 5) is 4.26. The van der Waals surface area contributed by atoms with Gasteiger partial charge in [0.25, 0.3) is 0 Å². The third-order valence-corrected chi connectivity index (χ3v) is 3.28. The Morgan fingerprint density at radius 2 is 2.24 bits per heavy atom. The molecule has 1 aromatic heterocycles. The first-order valence-corrected chi connectivity index (χ1v) is 6.31. The van der Waals surface area contributed by atoms with Crippen LogP contribution in [0.3, 0.4) is 0 Å². The maximum Gasteiger partial charge on any atom is 0.0733 e. The lowest BCUT2D eigenvalue weighted by Gasteiger charge is -2.26. The number of hydrogen-bond acceptors (Lipinski definition) is 3. The van der Waals surface area contributed by atoms with E-state index in [-0.39, 0.29) is 12.0 Å². The summed E-state index contributed by atoms with van der Waals surface area (Å²) in [6, 6.07) is 8.27. The van der Waals surface area contributed by atoms with E-state index in [1.54, 1.807) is 6.20 Å². The molecule has 0 aliphatic heterocycles. The SMILES string of the molecule is N#CC1CCCCC1OCCc1ccccn1. The van der Waals surface area contributed by atoms with E-state index in [0.29, 0.717) is 6.61 Å². The summed E-state index contributed by atoms with van der Waals surface area (Å²) < 4.78 is 5.83. The zero-order valence-corrected chi connectivity index (χ0v) is 10.0. The maximum absolute atomic E-state index is 9.04. The van der Waals surface area contributed by atoms with Crippen LogP contribution in [0.5, 0.6) is 0 Å². The molecule has 90 valence electrons. The molecule has 0 amide bonds. The van der Waals surface area contributed by atoms with Gasteiger partial charge < -0.3 is 4.74 Å². The average Bonchev–Trinajstić information content (AvgIpc) is 2.40.